The molecule has 0 bridgehead atoms. The largest absolute Gasteiger partial charge is 0.321 e. The van der Waals surface area contributed by atoms with Crippen molar-refractivity contribution in [1.82, 2.24) is 0 Å². The van der Waals surface area contributed by atoms with Crippen LogP contribution in [0.5, 0.6) is 0 Å². The Kier molecular flexibility index (Phi) is 3.83. The molecule has 0 aromatic heterocycles. The smallest absolute Gasteiger partial charge is 0.0457 e. The Bertz CT molecular complexity index is 372. The lowest BCUT2D eigenvalue weighted by Crippen LogP contribution is -2.38. The van der Waals surface area contributed by atoms with Crippen molar-refractivity contribution in [3.63, 3.8) is 0 Å². The first-order chi connectivity index (χ1) is 7.65. The van der Waals surface area contributed by atoms with Crippen LogP contribution in [0.4, 0.5) is 0 Å². The van der Waals surface area contributed by atoms with Gasteiger partial charge >= 0.3 is 0 Å². The summed E-state index contributed by atoms with van der Waals surface area (Å²) in [5.41, 5.74) is 7.46. The standard InChI is InChI=1S/C13H18ClNS/c1-16-10-5-6-12(14)11(9-10)13(15)7-3-2-4-8-13/h5-6,9H,2-4,7-8,15H2,1H3. The molecule has 2 rings (SSSR count). The molecule has 1 aliphatic carbocycles. The van der Waals surface area contributed by atoms with Crippen LogP contribution >= 0.6 is 23.4 Å². The fraction of sp³-hybridized carbons (Fsp3) is 0.538. The lowest BCUT2D eigenvalue weighted by molar-refractivity contribution is 0.302. The predicted octanol–water partition coefficient (Wildman–Crippen LogP) is 4.18. The van der Waals surface area contributed by atoms with E-state index in [-0.39, 0.29) is 5.54 Å². The van der Waals surface area contributed by atoms with Gasteiger partial charge in [0.1, 0.15) is 0 Å². The second-order valence-electron chi connectivity index (χ2n) is 4.56. The van der Waals surface area contributed by atoms with E-state index in [1.165, 1.54) is 24.2 Å². The van der Waals surface area contributed by atoms with Gasteiger partial charge < -0.3 is 5.73 Å². The fourth-order valence-electron chi connectivity index (χ4n) is 2.46. The van der Waals surface area contributed by atoms with E-state index in [0.717, 1.165) is 23.4 Å². The maximum absolute atomic E-state index is 6.51. The summed E-state index contributed by atoms with van der Waals surface area (Å²) in [4.78, 5) is 1.25. The first-order valence-electron chi connectivity index (χ1n) is 5.79. The summed E-state index contributed by atoms with van der Waals surface area (Å²) in [6.45, 7) is 0. The normalized spacial score (nSPS) is 19.7. The van der Waals surface area contributed by atoms with Gasteiger partial charge in [-0.1, -0.05) is 30.9 Å². The second-order valence-corrected chi connectivity index (χ2v) is 5.85. The third-order valence-electron chi connectivity index (χ3n) is 3.46. The maximum Gasteiger partial charge on any atom is 0.0457 e. The number of halogens is 1. The zero-order chi connectivity index (χ0) is 11.6. The van der Waals surface area contributed by atoms with Crippen LogP contribution in [-0.4, -0.2) is 6.26 Å². The number of nitrogens with two attached hydrogens (primary N) is 1. The highest BCUT2D eigenvalue weighted by Crippen LogP contribution is 2.39. The molecule has 0 heterocycles. The van der Waals surface area contributed by atoms with Crippen molar-refractivity contribution in [3.05, 3.63) is 28.8 Å². The molecule has 2 N–H and O–H groups in total. The molecule has 0 amide bonds. The van der Waals surface area contributed by atoms with E-state index in [1.54, 1.807) is 11.8 Å². The zero-order valence-corrected chi connectivity index (χ0v) is 11.2. The minimum atomic E-state index is -0.193. The Hall–Kier alpha value is -0.180. The van der Waals surface area contributed by atoms with Crippen molar-refractivity contribution < 1.29 is 0 Å². The number of hydrogen-bond acceptors (Lipinski definition) is 2. The number of rotatable bonds is 2. The van der Waals surface area contributed by atoms with E-state index >= 15 is 0 Å². The van der Waals surface area contributed by atoms with Gasteiger partial charge in [0.15, 0.2) is 0 Å². The second kappa shape index (κ2) is 4.99. The molecule has 1 nitrogen and oxygen atoms in total. The Labute approximate surface area is 107 Å². The number of hydrogen-bond donors (Lipinski definition) is 1. The van der Waals surface area contributed by atoms with Gasteiger partial charge in [-0.05, 0) is 42.9 Å². The first-order valence-corrected chi connectivity index (χ1v) is 7.39. The van der Waals surface area contributed by atoms with Gasteiger partial charge in [-0.2, -0.15) is 0 Å². The summed E-state index contributed by atoms with van der Waals surface area (Å²) in [6, 6.07) is 6.20. The summed E-state index contributed by atoms with van der Waals surface area (Å²) in [5, 5.41) is 0.821. The highest BCUT2D eigenvalue weighted by Gasteiger charge is 2.31. The van der Waals surface area contributed by atoms with Gasteiger partial charge in [0.05, 0.1) is 0 Å². The van der Waals surface area contributed by atoms with Crippen LogP contribution in [0.3, 0.4) is 0 Å². The minimum Gasteiger partial charge on any atom is -0.321 e. The summed E-state index contributed by atoms with van der Waals surface area (Å²) in [6.07, 6.45) is 7.94. The van der Waals surface area contributed by atoms with Crippen LogP contribution in [0.1, 0.15) is 37.7 Å². The molecule has 0 spiro atoms. The Morgan fingerprint density at radius 2 is 1.94 bits per heavy atom. The van der Waals surface area contributed by atoms with E-state index in [9.17, 15) is 0 Å². The highest BCUT2D eigenvalue weighted by atomic mass is 35.5. The van der Waals surface area contributed by atoms with Gasteiger partial charge in [0, 0.05) is 15.5 Å². The molecule has 1 aliphatic rings. The lowest BCUT2D eigenvalue weighted by atomic mass is 9.77. The summed E-state index contributed by atoms with van der Waals surface area (Å²) < 4.78 is 0. The first kappa shape index (κ1) is 12.3. The van der Waals surface area contributed by atoms with Gasteiger partial charge in [0.2, 0.25) is 0 Å². The third kappa shape index (κ3) is 2.39. The Morgan fingerprint density at radius 3 is 2.56 bits per heavy atom. The molecule has 3 heteroatoms. The third-order valence-corrected chi connectivity index (χ3v) is 4.51. The lowest BCUT2D eigenvalue weighted by Gasteiger charge is -2.34. The predicted molar refractivity (Wildman–Crippen MR) is 72.2 cm³/mol. The van der Waals surface area contributed by atoms with Crippen LogP contribution in [-0.2, 0) is 5.54 Å². The van der Waals surface area contributed by atoms with Crippen molar-refractivity contribution in [2.75, 3.05) is 6.26 Å². The highest BCUT2D eigenvalue weighted by molar-refractivity contribution is 7.98. The molecule has 0 saturated heterocycles. The van der Waals surface area contributed by atoms with E-state index < -0.39 is 0 Å². The topological polar surface area (TPSA) is 26.0 Å². The summed E-state index contributed by atoms with van der Waals surface area (Å²) >= 11 is 8.03. The quantitative estimate of drug-likeness (QED) is 0.803. The van der Waals surface area contributed by atoms with Crippen molar-refractivity contribution in [1.29, 1.82) is 0 Å². The van der Waals surface area contributed by atoms with Crippen LogP contribution in [0.25, 0.3) is 0 Å². The molecule has 1 aromatic rings. The number of thioether (sulfide) groups is 1. The summed E-state index contributed by atoms with van der Waals surface area (Å²) in [7, 11) is 0. The molecule has 88 valence electrons. The molecule has 16 heavy (non-hydrogen) atoms. The summed E-state index contributed by atoms with van der Waals surface area (Å²) in [5.74, 6) is 0. The molecule has 1 saturated carbocycles. The maximum atomic E-state index is 6.51. The molecular formula is C13H18ClNS. The molecule has 1 aromatic carbocycles. The van der Waals surface area contributed by atoms with Crippen LogP contribution in [0.2, 0.25) is 5.02 Å². The van der Waals surface area contributed by atoms with E-state index in [4.69, 9.17) is 17.3 Å². The van der Waals surface area contributed by atoms with Gasteiger partial charge in [-0.15, -0.1) is 11.8 Å². The van der Waals surface area contributed by atoms with E-state index in [2.05, 4.69) is 18.4 Å². The van der Waals surface area contributed by atoms with E-state index in [0.29, 0.717) is 0 Å². The van der Waals surface area contributed by atoms with Crippen LogP contribution in [0.15, 0.2) is 23.1 Å². The fourth-order valence-corrected chi connectivity index (χ4v) is 3.21. The Balaban J connectivity index is 2.37. The average molecular weight is 256 g/mol. The monoisotopic (exact) mass is 255 g/mol. The molecule has 0 atom stereocenters. The minimum absolute atomic E-state index is 0.193. The number of benzene rings is 1. The van der Waals surface area contributed by atoms with Crippen LogP contribution < -0.4 is 5.73 Å². The zero-order valence-electron chi connectivity index (χ0n) is 9.63. The van der Waals surface area contributed by atoms with E-state index in [1.807, 2.05) is 6.07 Å². The van der Waals surface area contributed by atoms with Crippen molar-refractivity contribution in [3.8, 4) is 0 Å². The van der Waals surface area contributed by atoms with Crippen LogP contribution in [0, 0.1) is 0 Å². The van der Waals surface area contributed by atoms with Gasteiger partial charge in [0.25, 0.3) is 0 Å². The molecule has 1 fully saturated rings. The molecule has 0 radical (unpaired) electrons. The van der Waals surface area contributed by atoms with Gasteiger partial charge in [-0.25, -0.2) is 0 Å². The molecule has 0 aliphatic heterocycles. The molecule has 0 unspecified atom stereocenters. The van der Waals surface area contributed by atoms with Crippen molar-refractivity contribution in [2.24, 2.45) is 5.73 Å². The SMILES string of the molecule is CSc1ccc(Cl)c(C2(N)CCCCC2)c1. The average Bonchev–Trinajstić information content (AvgIpc) is 2.30. The van der Waals surface area contributed by atoms with Crippen molar-refractivity contribution in [2.45, 2.75) is 42.5 Å². The molecular weight excluding hydrogens is 238 g/mol. The van der Waals surface area contributed by atoms with Gasteiger partial charge in [-0.3, -0.25) is 0 Å². The van der Waals surface area contributed by atoms with Crippen molar-refractivity contribution >= 4 is 23.4 Å². The Morgan fingerprint density at radius 1 is 1.25 bits per heavy atom.